The van der Waals surface area contributed by atoms with Crippen LogP contribution in [-0.2, 0) is 6.54 Å². The van der Waals surface area contributed by atoms with E-state index in [9.17, 15) is 9.59 Å². The van der Waals surface area contributed by atoms with Crippen LogP contribution in [0.5, 0.6) is 11.5 Å². The van der Waals surface area contributed by atoms with Gasteiger partial charge in [0.05, 0.1) is 13.7 Å². The minimum Gasteiger partial charge on any atom is -0.493 e. The molecule has 0 atom stereocenters. The van der Waals surface area contributed by atoms with Gasteiger partial charge in [-0.15, -0.1) is 0 Å². The molecule has 0 saturated heterocycles. The standard InChI is InChI=1S/C26H25N5O4/c1-34-21-15-18(11-12-20(21)35-14-13-27)23-28-24-22(31(23)19-9-5-6-10-19)25(32)29-26(33)30(24)16-17-7-3-2-4-8-17/h2-4,7-8,11-12,15,19H,5-6,9-10,14,16H2,1H3,(H,29,32,33). The summed E-state index contributed by atoms with van der Waals surface area (Å²) in [7, 11) is 1.53. The lowest BCUT2D eigenvalue weighted by atomic mass is 10.1. The number of methoxy groups -OCH3 is 1. The normalized spacial score (nSPS) is 13.7. The van der Waals surface area contributed by atoms with Crippen molar-refractivity contribution >= 4 is 11.2 Å². The first-order chi connectivity index (χ1) is 17.1. The molecule has 5 rings (SSSR count). The average Bonchev–Trinajstić information content (AvgIpc) is 3.54. The number of aromatic nitrogens is 4. The number of ether oxygens (including phenoxy) is 2. The van der Waals surface area contributed by atoms with Gasteiger partial charge < -0.3 is 14.0 Å². The number of aromatic amines is 1. The van der Waals surface area contributed by atoms with Crippen LogP contribution in [-0.4, -0.2) is 32.8 Å². The molecule has 2 heterocycles. The smallest absolute Gasteiger partial charge is 0.330 e. The molecule has 1 aliphatic carbocycles. The van der Waals surface area contributed by atoms with Crippen LogP contribution in [0.25, 0.3) is 22.6 Å². The molecule has 0 bridgehead atoms. The molecule has 2 aromatic carbocycles. The first-order valence-corrected chi connectivity index (χ1v) is 11.6. The van der Waals surface area contributed by atoms with E-state index in [0.29, 0.717) is 35.0 Å². The monoisotopic (exact) mass is 471 g/mol. The third kappa shape index (κ3) is 4.19. The molecule has 1 saturated carbocycles. The number of rotatable bonds is 7. The number of nitrogens with zero attached hydrogens (tertiary/aromatic N) is 4. The second-order valence-electron chi connectivity index (χ2n) is 8.56. The summed E-state index contributed by atoms with van der Waals surface area (Å²) in [6.45, 7) is 0.190. The summed E-state index contributed by atoms with van der Waals surface area (Å²) < 4.78 is 14.5. The highest BCUT2D eigenvalue weighted by Gasteiger charge is 2.27. The van der Waals surface area contributed by atoms with Crippen LogP contribution in [0.15, 0.2) is 58.1 Å². The van der Waals surface area contributed by atoms with E-state index >= 15 is 0 Å². The molecule has 1 fully saturated rings. The second kappa shape index (κ2) is 9.50. The first-order valence-electron chi connectivity index (χ1n) is 11.6. The molecular formula is C26H25N5O4. The highest BCUT2D eigenvalue weighted by atomic mass is 16.5. The van der Waals surface area contributed by atoms with E-state index in [-0.39, 0.29) is 12.6 Å². The maximum Gasteiger partial charge on any atom is 0.330 e. The Morgan fingerprint density at radius 1 is 1.11 bits per heavy atom. The third-order valence-corrected chi connectivity index (χ3v) is 6.42. The minimum atomic E-state index is -0.494. The van der Waals surface area contributed by atoms with Gasteiger partial charge >= 0.3 is 5.69 Å². The summed E-state index contributed by atoms with van der Waals surface area (Å²) in [5.41, 5.74) is 1.47. The van der Waals surface area contributed by atoms with Gasteiger partial charge in [0.1, 0.15) is 11.9 Å². The van der Waals surface area contributed by atoms with Crippen molar-refractivity contribution in [3.05, 3.63) is 74.9 Å². The van der Waals surface area contributed by atoms with Gasteiger partial charge in [-0.2, -0.15) is 5.26 Å². The number of fused-ring (bicyclic) bond motifs is 1. The molecule has 9 heteroatoms. The predicted octanol–water partition coefficient (Wildman–Crippen LogP) is 3.63. The van der Waals surface area contributed by atoms with Crippen molar-refractivity contribution in [2.24, 2.45) is 0 Å². The van der Waals surface area contributed by atoms with Gasteiger partial charge in [0.15, 0.2) is 29.3 Å². The lowest BCUT2D eigenvalue weighted by molar-refractivity contribution is 0.330. The summed E-state index contributed by atoms with van der Waals surface area (Å²) in [6, 6.07) is 17.0. The molecule has 0 aliphatic heterocycles. The molecule has 1 aliphatic rings. The van der Waals surface area contributed by atoms with Crippen molar-refractivity contribution < 1.29 is 9.47 Å². The van der Waals surface area contributed by atoms with E-state index in [4.69, 9.17) is 19.7 Å². The molecule has 4 aromatic rings. The molecule has 178 valence electrons. The molecule has 9 nitrogen and oxygen atoms in total. The van der Waals surface area contributed by atoms with Crippen LogP contribution < -0.4 is 20.7 Å². The quantitative estimate of drug-likeness (QED) is 0.440. The third-order valence-electron chi connectivity index (χ3n) is 6.42. The van der Waals surface area contributed by atoms with Gasteiger partial charge in [0.2, 0.25) is 0 Å². The zero-order valence-electron chi connectivity index (χ0n) is 19.4. The predicted molar refractivity (Wildman–Crippen MR) is 131 cm³/mol. The van der Waals surface area contributed by atoms with Crippen LogP contribution >= 0.6 is 0 Å². The number of benzene rings is 2. The van der Waals surface area contributed by atoms with Gasteiger partial charge in [-0.3, -0.25) is 14.3 Å². The van der Waals surface area contributed by atoms with E-state index in [1.165, 1.54) is 11.7 Å². The fraction of sp³-hybridized carbons (Fsp3) is 0.308. The van der Waals surface area contributed by atoms with Crippen LogP contribution in [0, 0.1) is 11.3 Å². The number of nitriles is 1. The van der Waals surface area contributed by atoms with Crippen molar-refractivity contribution in [1.82, 2.24) is 19.1 Å². The largest absolute Gasteiger partial charge is 0.493 e. The van der Waals surface area contributed by atoms with Crippen molar-refractivity contribution in [2.75, 3.05) is 13.7 Å². The number of imidazole rings is 1. The number of nitrogens with one attached hydrogen (secondary N) is 1. The maximum absolute atomic E-state index is 13.1. The Labute approximate surface area is 201 Å². The van der Waals surface area contributed by atoms with Crippen molar-refractivity contribution in [2.45, 2.75) is 38.3 Å². The summed E-state index contributed by atoms with van der Waals surface area (Å²) in [6.07, 6.45) is 3.98. The van der Waals surface area contributed by atoms with Crippen LogP contribution in [0.2, 0.25) is 0 Å². The van der Waals surface area contributed by atoms with Crippen LogP contribution in [0.1, 0.15) is 37.3 Å². The zero-order valence-corrected chi connectivity index (χ0v) is 19.4. The maximum atomic E-state index is 13.1. The van der Waals surface area contributed by atoms with Crippen LogP contribution in [0.4, 0.5) is 0 Å². The second-order valence-corrected chi connectivity index (χ2v) is 8.56. The van der Waals surface area contributed by atoms with E-state index in [2.05, 4.69) is 4.98 Å². The van der Waals surface area contributed by atoms with E-state index in [0.717, 1.165) is 36.8 Å². The van der Waals surface area contributed by atoms with Gasteiger partial charge in [-0.05, 0) is 36.6 Å². The Bertz CT molecular complexity index is 1520. The zero-order chi connectivity index (χ0) is 24.4. The van der Waals surface area contributed by atoms with Gasteiger partial charge in [0, 0.05) is 11.6 Å². The summed E-state index contributed by atoms with van der Waals surface area (Å²) in [4.78, 5) is 33.4. The lowest BCUT2D eigenvalue weighted by Gasteiger charge is -2.17. The Balaban J connectivity index is 1.73. The SMILES string of the molecule is COc1cc(-c2nc3c(c(=O)[nH]c(=O)n3Cc3ccccc3)n2C2CCCC2)ccc1OCC#N. The van der Waals surface area contributed by atoms with Gasteiger partial charge in [-0.1, -0.05) is 43.2 Å². The molecule has 0 amide bonds. The van der Waals surface area contributed by atoms with Gasteiger partial charge in [0.25, 0.3) is 5.56 Å². The Morgan fingerprint density at radius 2 is 1.89 bits per heavy atom. The molecular weight excluding hydrogens is 446 g/mol. The summed E-state index contributed by atoms with van der Waals surface area (Å²) in [5.74, 6) is 1.49. The molecule has 2 aromatic heterocycles. The molecule has 1 N–H and O–H groups in total. The average molecular weight is 472 g/mol. The fourth-order valence-corrected chi connectivity index (χ4v) is 4.81. The minimum absolute atomic E-state index is 0.0966. The Hall–Kier alpha value is -4.32. The van der Waals surface area contributed by atoms with Gasteiger partial charge in [-0.25, -0.2) is 9.78 Å². The van der Waals surface area contributed by atoms with E-state index in [1.54, 1.807) is 12.1 Å². The number of H-pyrrole nitrogens is 1. The number of hydrogen-bond donors (Lipinski definition) is 1. The van der Waals surface area contributed by atoms with E-state index in [1.807, 2.05) is 47.0 Å². The highest BCUT2D eigenvalue weighted by molar-refractivity contribution is 5.78. The van der Waals surface area contributed by atoms with Crippen LogP contribution in [0.3, 0.4) is 0 Å². The molecule has 0 unspecified atom stereocenters. The van der Waals surface area contributed by atoms with Crippen molar-refractivity contribution in [1.29, 1.82) is 5.26 Å². The summed E-state index contributed by atoms with van der Waals surface area (Å²) >= 11 is 0. The Morgan fingerprint density at radius 3 is 2.60 bits per heavy atom. The molecule has 35 heavy (non-hydrogen) atoms. The van der Waals surface area contributed by atoms with E-state index < -0.39 is 11.2 Å². The fourth-order valence-electron chi connectivity index (χ4n) is 4.81. The van der Waals surface area contributed by atoms with Crippen molar-refractivity contribution in [3.63, 3.8) is 0 Å². The topological polar surface area (TPSA) is 115 Å². The molecule has 0 spiro atoms. The van der Waals surface area contributed by atoms with Crippen molar-refractivity contribution in [3.8, 4) is 29.0 Å². The Kier molecular flexibility index (Phi) is 6.10. The lowest BCUT2D eigenvalue weighted by Crippen LogP contribution is -2.31. The first kappa shape index (κ1) is 22.5. The number of hydrogen-bond acceptors (Lipinski definition) is 6. The highest BCUT2D eigenvalue weighted by Crippen LogP contribution is 2.38. The molecule has 0 radical (unpaired) electrons. The summed E-state index contributed by atoms with van der Waals surface area (Å²) in [5, 5.41) is 8.85.